The maximum atomic E-state index is 14.2. The van der Waals surface area contributed by atoms with Crippen LogP contribution in [0.25, 0.3) is 11.8 Å². The number of thiazole rings is 1. The van der Waals surface area contributed by atoms with Crippen LogP contribution in [0.4, 0.5) is 0 Å². The van der Waals surface area contributed by atoms with Gasteiger partial charge in [0.2, 0.25) is 0 Å². The number of hydrogen-bond acceptors (Lipinski definition) is 8. The van der Waals surface area contributed by atoms with Crippen molar-refractivity contribution in [2.75, 3.05) is 20.8 Å². The molecule has 0 radical (unpaired) electrons. The second-order valence-electron chi connectivity index (χ2n) is 9.91. The second-order valence-corrected chi connectivity index (χ2v) is 12.1. The fourth-order valence-corrected chi connectivity index (χ4v) is 6.62. The number of carbonyl (C=O) groups excluding carboxylic acids is 1. The van der Waals surface area contributed by atoms with Gasteiger partial charge in [-0.1, -0.05) is 53.8 Å². The lowest BCUT2D eigenvalue weighted by Gasteiger charge is -2.26. The average molecular weight is 711 g/mol. The van der Waals surface area contributed by atoms with E-state index in [1.807, 2.05) is 86.7 Å². The summed E-state index contributed by atoms with van der Waals surface area (Å²) < 4.78 is 25.4. The van der Waals surface area contributed by atoms with Gasteiger partial charge in [-0.25, -0.2) is 9.79 Å². The highest BCUT2D eigenvalue weighted by Gasteiger charge is 2.35. The number of carbonyl (C=O) groups is 1. The minimum atomic E-state index is -0.768. The lowest BCUT2D eigenvalue weighted by atomic mass is 9.93. The number of ether oxygens (including phenoxy) is 4. The summed E-state index contributed by atoms with van der Waals surface area (Å²) in [5.74, 6) is 1.37. The van der Waals surface area contributed by atoms with Crippen LogP contribution in [-0.2, 0) is 9.53 Å². The number of aromatic nitrogens is 1. The summed E-state index contributed by atoms with van der Waals surface area (Å²) in [5.41, 5.74) is 2.75. The minimum absolute atomic E-state index is 0.0256. The van der Waals surface area contributed by atoms with E-state index in [1.165, 1.54) is 11.3 Å². The van der Waals surface area contributed by atoms with E-state index >= 15 is 0 Å². The first kappa shape index (κ1) is 30.6. The summed E-state index contributed by atoms with van der Waals surface area (Å²) >= 11 is 3.47. The fraction of sp³-hybridized carbons (Fsp3) is 0.242. The van der Waals surface area contributed by atoms with E-state index in [0.29, 0.717) is 37.9 Å². The van der Waals surface area contributed by atoms with Crippen molar-refractivity contribution in [3.05, 3.63) is 112 Å². The molecule has 1 aliphatic heterocycles. The third-order valence-corrected chi connectivity index (χ3v) is 8.49. The van der Waals surface area contributed by atoms with E-state index in [1.54, 1.807) is 25.7 Å². The molecule has 0 unspecified atom stereocenters. The standard InChI is InChI=1S/C33H31IN2O6S/c1-6-41-32(38)27-28(21-10-8-7-9-11-21)35-33-36(29(27)22-12-14-23(39-4)15-13-22)31(37)26(43-33)18-20-16-24(34)30(42-19(2)3)25(17-20)40-5/h7-19,29H,6H2,1-5H3/b26-18-/t29-/m0/s1. The molecule has 0 aliphatic carbocycles. The van der Waals surface area contributed by atoms with Crippen LogP contribution in [0.15, 0.2) is 82.1 Å². The average Bonchev–Trinajstić information content (AvgIpc) is 3.32. The zero-order valence-electron chi connectivity index (χ0n) is 24.4. The maximum absolute atomic E-state index is 14.2. The number of methoxy groups -OCH3 is 2. The van der Waals surface area contributed by atoms with E-state index in [4.69, 9.17) is 23.9 Å². The lowest BCUT2D eigenvalue weighted by Crippen LogP contribution is -2.40. The Balaban J connectivity index is 1.77. The van der Waals surface area contributed by atoms with Gasteiger partial charge < -0.3 is 18.9 Å². The van der Waals surface area contributed by atoms with Gasteiger partial charge in [0, 0.05) is 5.56 Å². The molecule has 1 aromatic heterocycles. The van der Waals surface area contributed by atoms with Gasteiger partial charge in [0.1, 0.15) is 5.75 Å². The van der Waals surface area contributed by atoms with Gasteiger partial charge >= 0.3 is 5.97 Å². The summed E-state index contributed by atoms with van der Waals surface area (Å²) in [4.78, 5) is 33.2. The van der Waals surface area contributed by atoms with Crippen LogP contribution in [0.5, 0.6) is 17.2 Å². The highest BCUT2D eigenvalue weighted by Crippen LogP contribution is 2.37. The minimum Gasteiger partial charge on any atom is -0.497 e. The third-order valence-electron chi connectivity index (χ3n) is 6.71. The molecule has 43 heavy (non-hydrogen) atoms. The molecule has 1 atom stereocenters. The Morgan fingerprint density at radius 2 is 1.79 bits per heavy atom. The van der Waals surface area contributed by atoms with Gasteiger partial charge in [-0.3, -0.25) is 9.36 Å². The van der Waals surface area contributed by atoms with Crippen LogP contribution in [0.1, 0.15) is 43.5 Å². The second kappa shape index (κ2) is 13.2. The molecule has 222 valence electrons. The van der Waals surface area contributed by atoms with Crippen LogP contribution in [0, 0.1) is 3.57 Å². The Morgan fingerprint density at radius 3 is 2.42 bits per heavy atom. The number of esters is 1. The molecule has 3 aromatic carbocycles. The van der Waals surface area contributed by atoms with Crippen LogP contribution in [-0.4, -0.2) is 37.5 Å². The Morgan fingerprint density at radius 1 is 1.07 bits per heavy atom. The number of rotatable bonds is 9. The molecule has 0 N–H and O–H groups in total. The molecule has 0 bridgehead atoms. The Kier molecular flexibility index (Phi) is 9.36. The number of hydrogen-bond donors (Lipinski definition) is 0. The van der Waals surface area contributed by atoms with E-state index in [2.05, 4.69) is 22.6 Å². The molecular formula is C33H31IN2O6S. The van der Waals surface area contributed by atoms with Crippen molar-refractivity contribution < 1.29 is 23.7 Å². The van der Waals surface area contributed by atoms with Crippen LogP contribution < -0.4 is 29.1 Å². The smallest absolute Gasteiger partial charge is 0.338 e. The van der Waals surface area contributed by atoms with E-state index in [9.17, 15) is 9.59 Å². The molecule has 0 amide bonds. The highest BCUT2D eigenvalue weighted by molar-refractivity contribution is 14.1. The van der Waals surface area contributed by atoms with Crippen LogP contribution in [0.3, 0.4) is 0 Å². The molecule has 0 spiro atoms. The quantitative estimate of drug-likeness (QED) is 0.172. The van der Waals surface area contributed by atoms with Crippen LogP contribution in [0.2, 0.25) is 0 Å². The first-order valence-corrected chi connectivity index (χ1v) is 15.6. The molecule has 0 saturated heterocycles. The predicted molar refractivity (Wildman–Crippen MR) is 176 cm³/mol. The topological polar surface area (TPSA) is 88.4 Å². The normalized spacial score (nSPS) is 14.8. The SMILES string of the molecule is CCOC(=O)C1=C(c2ccccc2)N=c2s/c(=C\c3cc(I)c(OC(C)C)c(OC)c3)c(=O)n2[C@H]1c1ccc(OC)cc1. The Bertz CT molecular complexity index is 1860. The van der Waals surface area contributed by atoms with Gasteiger partial charge in [-0.15, -0.1) is 0 Å². The van der Waals surface area contributed by atoms with Crippen molar-refractivity contribution in [3.63, 3.8) is 0 Å². The summed E-state index contributed by atoms with van der Waals surface area (Å²) in [6, 6.07) is 19.8. The fourth-order valence-electron chi connectivity index (χ4n) is 4.87. The van der Waals surface area contributed by atoms with E-state index < -0.39 is 12.0 Å². The molecular weight excluding hydrogens is 679 g/mol. The van der Waals surface area contributed by atoms with Gasteiger partial charge in [0.15, 0.2) is 16.3 Å². The van der Waals surface area contributed by atoms with E-state index in [0.717, 1.165) is 20.3 Å². The molecule has 0 saturated carbocycles. The van der Waals surface area contributed by atoms with Crippen molar-refractivity contribution >= 4 is 51.7 Å². The number of fused-ring (bicyclic) bond motifs is 1. The van der Waals surface area contributed by atoms with Crippen LogP contribution >= 0.6 is 33.9 Å². The summed E-state index contributed by atoms with van der Waals surface area (Å²) in [5, 5.41) is 0. The van der Waals surface area contributed by atoms with Crippen molar-refractivity contribution in [3.8, 4) is 17.2 Å². The first-order chi connectivity index (χ1) is 20.7. The molecule has 2 heterocycles. The summed E-state index contributed by atoms with van der Waals surface area (Å²) in [6.07, 6.45) is 1.79. The third kappa shape index (κ3) is 6.25. The number of nitrogens with zero attached hydrogens (tertiary/aromatic N) is 2. The van der Waals surface area contributed by atoms with Crippen molar-refractivity contribution in [2.24, 2.45) is 4.99 Å². The monoisotopic (exact) mass is 710 g/mol. The Labute approximate surface area is 267 Å². The largest absolute Gasteiger partial charge is 0.497 e. The van der Waals surface area contributed by atoms with Gasteiger partial charge in [0.25, 0.3) is 5.56 Å². The molecule has 0 fully saturated rings. The molecule has 10 heteroatoms. The van der Waals surface area contributed by atoms with Crippen molar-refractivity contribution in [1.29, 1.82) is 0 Å². The molecule has 4 aromatic rings. The summed E-state index contributed by atoms with van der Waals surface area (Å²) in [7, 11) is 3.18. The predicted octanol–water partition coefficient (Wildman–Crippen LogP) is 5.34. The lowest BCUT2D eigenvalue weighted by molar-refractivity contribution is -0.138. The molecule has 1 aliphatic rings. The van der Waals surface area contributed by atoms with E-state index in [-0.39, 0.29) is 18.3 Å². The van der Waals surface area contributed by atoms with Gasteiger partial charge in [-0.05, 0) is 84.8 Å². The number of benzene rings is 3. The zero-order chi connectivity index (χ0) is 30.7. The van der Waals surface area contributed by atoms with Crippen molar-refractivity contribution in [1.82, 2.24) is 4.57 Å². The summed E-state index contributed by atoms with van der Waals surface area (Å²) in [6.45, 7) is 5.85. The Hall–Kier alpha value is -3.90. The first-order valence-electron chi connectivity index (χ1n) is 13.7. The number of halogens is 1. The molecule has 5 rings (SSSR count). The maximum Gasteiger partial charge on any atom is 0.338 e. The van der Waals surface area contributed by atoms with Crippen molar-refractivity contribution in [2.45, 2.75) is 32.9 Å². The van der Waals surface area contributed by atoms with Gasteiger partial charge in [-0.2, -0.15) is 0 Å². The van der Waals surface area contributed by atoms with Gasteiger partial charge in [0.05, 0.1) is 52.3 Å². The molecule has 8 nitrogen and oxygen atoms in total. The zero-order valence-corrected chi connectivity index (χ0v) is 27.4. The highest BCUT2D eigenvalue weighted by atomic mass is 127.